The van der Waals surface area contributed by atoms with E-state index >= 15 is 0 Å². The third kappa shape index (κ3) is 5.67. The average Bonchev–Trinajstić information content (AvgIpc) is 2.46. The highest BCUT2D eigenvalue weighted by Gasteiger charge is 2.18. The number of rotatable bonds is 6. The Labute approximate surface area is 125 Å². The van der Waals surface area contributed by atoms with Gasteiger partial charge in [0.1, 0.15) is 0 Å². The van der Waals surface area contributed by atoms with E-state index in [0.29, 0.717) is 11.4 Å². The van der Waals surface area contributed by atoms with Crippen LogP contribution >= 0.6 is 0 Å². The Bertz CT molecular complexity index is 546. The van der Waals surface area contributed by atoms with E-state index in [0.717, 1.165) is 6.42 Å². The quantitative estimate of drug-likeness (QED) is 0.701. The third-order valence-corrected chi connectivity index (χ3v) is 3.15. The minimum atomic E-state index is -0.480. The fourth-order valence-corrected chi connectivity index (χ4v) is 1.60. The molecule has 0 bridgehead atoms. The summed E-state index contributed by atoms with van der Waals surface area (Å²) in [5.41, 5.74) is 0.867. The van der Waals surface area contributed by atoms with Crippen LogP contribution in [0.1, 0.15) is 27.2 Å². The number of terminal acetylenes is 1. The number of hydrogen-bond acceptors (Lipinski definition) is 3. The van der Waals surface area contributed by atoms with Crippen molar-refractivity contribution in [3.8, 4) is 12.3 Å². The second-order valence-electron chi connectivity index (χ2n) is 4.99. The van der Waals surface area contributed by atoms with Gasteiger partial charge in [0.05, 0.1) is 12.1 Å². The number of benzene rings is 1. The van der Waals surface area contributed by atoms with E-state index in [1.165, 1.54) is 6.92 Å². The summed E-state index contributed by atoms with van der Waals surface area (Å²) >= 11 is 0. The van der Waals surface area contributed by atoms with Crippen LogP contribution in [0.15, 0.2) is 24.3 Å². The molecule has 0 saturated carbocycles. The van der Waals surface area contributed by atoms with E-state index in [4.69, 9.17) is 6.42 Å². The van der Waals surface area contributed by atoms with Gasteiger partial charge in [0.25, 0.3) is 0 Å². The largest absolute Gasteiger partial charge is 0.326 e. The zero-order valence-electron chi connectivity index (χ0n) is 12.6. The van der Waals surface area contributed by atoms with Gasteiger partial charge in [-0.25, -0.2) is 0 Å². The lowest BCUT2D eigenvalue weighted by atomic mass is 10.0. The molecule has 0 aliphatic carbocycles. The molecule has 1 aromatic rings. The number of anilines is 2. The van der Waals surface area contributed by atoms with Gasteiger partial charge in [0.15, 0.2) is 0 Å². The molecule has 1 atom stereocenters. The molecule has 0 saturated heterocycles. The summed E-state index contributed by atoms with van der Waals surface area (Å²) in [5.74, 6) is 2.34. The van der Waals surface area contributed by atoms with Crippen LogP contribution in [0.5, 0.6) is 0 Å². The number of carbonyl (C=O) groups is 2. The van der Waals surface area contributed by atoms with Gasteiger partial charge in [-0.15, -0.1) is 6.42 Å². The van der Waals surface area contributed by atoms with E-state index in [-0.39, 0.29) is 18.4 Å². The number of nitrogens with one attached hydrogen (secondary N) is 3. The van der Waals surface area contributed by atoms with Crippen molar-refractivity contribution in [1.29, 1.82) is 0 Å². The molecule has 21 heavy (non-hydrogen) atoms. The van der Waals surface area contributed by atoms with Crippen molar-refractivity contribution in [2.24, 2.45) is 0 Å². The first kappa shape index (κ1) is 16.7. The highest BCUT2D eigenvalue weighted by Crippen LogP contribution is 2.13. The number of amides is 2. The molecule has 0 spiro atoms. The van der Waals surface area contributed by atoms with Crippen LogP contribution in [0.3, 0.4) is 0 Å². The standard InChI is InChI=1S/C16H21N3O2/c1-5-16(4,6-2)17-11-15(21)19-14-9-7-13(8-10-14)18-12(3)20/h1,7-10,17H,6,11H2,2-4H3,(H,18,20)(H,19,21)/t16-/m1/s1. The SMILES string of the molecule is C#C[C@](C)(CC)NCC(=O)Nc1ccc(NC(C)=O)cc1. The van der Waals surface area contributed by atoms with E-state index in [1.807, 2.05) is 13.8 Å². The fraction of sp³-hybridized carbons (Fsp3) is 0.375. The molecule has 0 unspecified atom stereocenters. The van der Waals surface area contributed by atoms with Crippen LogP contribution < -0.4 is 16.0 Å². The predicted octanol–water partition coefficient (Wildman–Crippen LogP) is 1.97. The van der Waals surface area contributed by atoms with Gasteiger partial charge in [-0.05, 0) is 37.6 Å². The van der Waals surface area contributed by atoms with Crippen LogP contribution in [0.25, 0.3) is 0 Å². The topological polar surface area (TPSA) is 70.2 Å². The van der Waals surface area contributed by atoms with Gasteiger partial charge >= 0.3 is 0 Å². The van der Waals surface area contributed by atoms with Crippen molar-refractivity contribution >= 4 is 23.2 Å². The monoisotopic (exact) mass is 287 g/mol. The van der Waals surface area contributed by atoms with Crippen molar-refractivity contribution in [2.75, 3.05) is 17.2 Å². The van der Waals surface area contributed by atoms with Gasteiger partial charge in [0, 0.05) is 18.3 Å². The lowest BCUT2D eigenvalue weighted by molar-refractivity contribution is -0.116. The van der Waals surface area contributed by atoms with Gasteiger partial charge in [0.2, 0.25) is 11.8 Å². The molecule has 112 valence electrons. The summed E-state index contributed by atoms with van der Waals surface area (Å²) in [6.07, 6.45) is 6.17. The first-order valence-corrected chi connectivity index (χ1v) is 6.79. The van der Waals surface area contributed by atoms with Crippen LogP contribution in [-0.2, 0) is 9.59 Å². The Hall–Kier alpha value is -2.32. The minimum Gasteiger partial charge on any atom is -0.326 e. The second kappa shape index (κ2) is 7.46. The van der Waals surface area contributed by atoms with Gasteiger partial charge in [-0.3, -0.25) is 14.9 Å². The van der Waals surface area contributed by atoms with Crippen LogP contribution in [0.4, 0.5) is 11.4 Å². The summed E-state index contributed by atoms with van der Waals surface area (Å²) in [7, 11) is 0. The van der Waals surface area contributed by atoms with Crippen molar-refractivity contribution in [3.05, 3.63) is 24.3 Å². The maximum atomic E-state index is 11.8. The van der Waals surface area contributed by atoms with Crippen molar-refractivity contribution in [2.45, 2.75) is 32.7 Å². The van der Waals surface area contributed by atoms with Gasteiger partial charge < -0.3 is 10.6 Å². The Morgan fingerprint density at radius 2 is 1.71 bits per heavy atom. The molecule has 2 amide bonds. The highest BCUT2D eigenvalue weighted by atomic mass is 16.2. The molecule has 3 N–H and O–H groups in total. The molecule has 1 aromatic carbocycles. The summed E-state index contributed by atoms with van der Waals surface area (Å²) in [4.78, 5) is 22.7. The van der Waals surface area contributed by atoms with Crippen LogP contribution in [0, 0.1) is 12.3 Å². The average molecular weight is 287 g/mol. The lowest BCUT2D eigenvalue weighted by Gasteiger charge is -2.23. The van der Waals surface area contributed by atoms with E-state index in [9.17, 15) is 9.59 Å². The molecule has 0 aliphatic rings. The smallest absolute Gasteiger partial charge is 0.238 e. The molecule has 5 nitrogen and oxygen atoms in total. The molecule has 0 aromatic heterocycles. The lowest BCUT2D eigenvalue weighted by Crippen LogP contribution is -2.44. The minimum absolute atomic E-state index is 0.135. The Morgan fingerprint density at radius 1 is 1.19 bits per heavy atom. The van der Waals surface area contributed by atoms with Crippen molar-refractivity contribution in [3.63, 3.8) is 0 Å². The second-order valence-corrected chi connectivity index (χ2v) is 4.99. The Morgan fingerprint density at radius 3 is 2.14 bits per heavy atom. The number of hydrogen-bond donors (Lipinski definition) is 3. The van der Waals surface area contributed by atoms with Crippen molar-refractivity contribution < 1.29 is 9.59 Å². The Kier molecular flexibility index (Phi) is 5.94. The first-order chi connectivity index (χ1) is 9.88. The Balaban J connectivity index is 2.52. The maximum absolute atomic E-state index is 11.8. The predicted molar refractivity (Wildman–Crippen MR) is 84.9 cm³/mol. The summed E-state index contributed by atoms with van der Waals surface area (Å²) in [6.45, 7) is 5.42. The van der Waals surface area contributed by atoms with Gasteiger partial charge in [-0.1, -0.05) is 12.8 Å². The van der Waals surface area contributed by atoms with Gasteiger partial charge in [-0.2, -0.15) is 0 Å². The highest BCUT2D eigenvalue weighted by molar-refractivity contribution is 5.93. The maximum Gasteiger partial charge on any atom is 0.238 e. The van der Waals surface area contributed by atoms with E-state index in [2.05, 4.69) is 21.9 Å². The zero-order valence-corrected chi connectivity index (χ0v) is 12.6. The van der Waals surface area contributed by atoms with Crippen LogP contribution in [-0.4, -0.2) is 23.9 Å². The summed E-state index contributed by atoms with van der Waals surface area (Å²) in [6, 6.07) is 6.90. The van der Waals surface area contributed by atoms with Crippen LogP contribution in [0.2, 0.25) is 0 Å². The normalized spacial score (nSPS) is 12.9. The molecular formula is C16H21N3O2. The molecule has 0 fully saturated rings. The fourth-order valence-electron chi connectivity index (χ4n) is 1.60. The first-order valence-electron chi connectivity index (χ1n) is 6.79. The zero-order chi connectivity index (χ0) is 15.9. The molecule has 5 heteroatoms. The molecular weight excluding hydrogens is 266 g/mol. The molecule has 0 aliphatic heterocycles. The molecule has 1 rings (SSSR count). The van der Waals surface area contributed by atoms with E-state index < -0.39 is 5.54 Å². The third-order valence-electron chi connectivity index (χ3n) is 3.15. The molecule has 0 radical (unpaired) electrons. The summed E-state index contributed by atoms with van der Waals surface area (Å²) < 4.78 is 0. The number of carbonyl (C=O) groups excluding carboxylic acids is 2. The molecule has 0 heterocycles. The van der Waals surface area contributed by atoms with Crippen molar-refractivity contribution in [1.82, 2.24) is 5.32 Å². The summed E-state index contributed by atoms with van der Waals surface area (Å²) in [5, 5.41) is 8.47. The van der Waals surface area contributed by atoms with E-state index in [1.54, 1.807) is 24.3 Å².